The van der Waals surface area contributed by atoms with E-state index in [1.54, 1.807) is 18.2 Å². The van der Waals surface area contributed by atoms with Gasteiger partial charge in [0.15, 0.2) is 22.8 Å². The molecule has 5 heteroatoms. The van der Waals surface area contributed by atoms with Gasteiger partial charge in [0.1, 0.15) is 5.75 Å². The predicted octanol–water partition coefficient (Wildman–Crippen LogP) is 3.76. The zero-order valence-electron chi connectivity index (χ0n) is 20.1. The average Bonchev–Trinajstić information content (AvgIpc) is 2.85. The summed E-state index contributed by atoms with van der Waals surface area (Å²) in [6.45, 7) is 5.58. The van der Waals surface area contributed by atoms with Crippen LogP contribution in [0.3, 0.4) is 0 Å². The number of hydrogen-bond acceptors (Lipinski definition) is 5. The molecule has 0 spiro atoms. The second-order valence-corrected chi connectivity index (χ2v) is 8.39. The minimum Gasteiger partial charge on any atom is -0.508 e. The van der Waals surface area contributed by atoms with Gasteiger partial charge in [0.2, 0.25) is 0 Å². The number of carbonyl (C=O) groups excluding carboxylic acids is 2. The number of carbonyl (C=O) groups is 2. The lowest BCUT2D eigenvalue weighted by atomic mass is 9.90. The van der Waals surface area contributed by atoms with E-state index >= 15 is 0 Å². The normalized spacial score (nSPS) is 22.9. The molecule has 2 unspecified atom stereocenters. The molecule has 2 aliphatic rings. The number of benzene rings is 1. The molecule has 2 aliphatic carbocycles. The molecule has 3 rings (SSSR count). The van der Waals surface area contributed by atoms with Crippen LogP contribution in [0, 0.1) is 23.7 Å². The second kappa shape index (κ2) is 10.6. The third-order valence-electron chi connectivity index (χ3n) is 5.75. The standard InChI is InChI=1S/C30H28O5/c1-4-23-18-22(7-8-26(23)31)17-21(9-13-29(34)15-11-27(32)24(5-2)19-29)10-14-30(35)16-12-28(33)25(6-3)20-30/h7-8,11-12,15-20,31,34-35H,4-6H2,1-3H3. The van der Waals surface area contributed by atoms with Crippen molar-refractivity contribution in [3.05, 3.63) is 82.5 Å². The molecule has 0 fully saturated rings. The van der Waals surface area contributed by atoms with E-state index < -0.39 is 11.2 Å². The molecule has 0 amide bonds. The number of phenols is 1. The van der Waals surface area contributed by atoms with Gasteiger partial charge in [-0.1, -0.05) is 50.5 Å². The lowest BCUT2D eigenvalue weighted by Crippen LogP contribution is -2.26. The fourth-order valence-corrected chi connectivity index (χ4v) is 3.68. The number of ketones is 2. The maximum atomic E-state index is 11.9. The summed E-state index contributed by atoms with van der Waals surface area (Å²) in [5.41, 5.74) is -0.542. The fourth-order valence-electron chi connectivity index (χ4n) is 3.68. The van der Waals surface area contributed by atoms with Crippen molar-refractivity contribution in [3.63, 3.8) is 0 Å². The Morgan fingerprint density at radius 3 is 1.83 bits per heavy atom. The first kappa shape index (κ1) is 25.7. The lowest BCUT2D eigenvalue weighted by Gasteiger charge is -2.19. The van der Waals surface area contributed by atoms with Crippen LogP contribution in [0.25, 0.3) is 6.08 Å². The van der Waals surface area contributed by atoms with Gasteiger partial charge in [0.25, 0.3) is 0 Å². The highest BCUT2D eigenvalue weighted by Gasteiger charge is 2.25. The summed E-state index contributed by atoms with van der Waals surface area (Å²) in [7, 11) is 0. The van der Waals surface area contributed by atoms with Crippen LogP contribution in [-0.4, -0.2) is 38.1 Å². The van der Waals surface area contributed by atoms with Crippen LogP contribution in [0.15, 0.2) is 71.4 Å². The van der Waals surface area contributed by atoms with Gasteiger partial charge < -0.3 is 15.3 Å². The Balaban J connectivity index is 2.07. The zero-order valence-corrected chi connectivity index (χ0v) is 20.1. The molecule has 1 aromatic carbocycles. The van der Waals surface area contributed by atoms with Crippen LogP contribution in [-0.2, 0) is 16.0 Å². The molecule has 5 nitrogen and oxygen atoms in total. The average molecular weight is 469 g/mol. The van der Waals surface area contributed by atoms with Gasteiger partial charge in [0.05, 0.1) is 5.57 Å². The number of allylic oxidation sites excluding steroid dienone is 5. The van der Waals surface area contributed by atoms with Crippen molar-refractivity contribution in [2.24, 2.45) is 0 Å². The fraction of sp³-hybridized carbons (Fsp3) is 0.267. The largest absolute Gasteiger partial charge is 0.508 e. The molecule has 0 aliphatic heterocycles. The summed E-state index contributed by atoms with van der Waals surface area (Å²) in [4.78, 5) is 23.9. The number of phenolic OH excluding ortho intramolecular Hbond substituents is 1. The van der Waals surface area contributed by atoms with Gasteiger partial charge in [-0.3, -0.25) is 9.59 Å². The minimum absolute atomic E-state index is 0.162. The van der Waals surface area contributed by atoms with Crippen LogP contribution < -0.4 is 0 Å². The Labute approximate surface area is 205 Å². The first-order valence-electron chi connectivity index (χ1n) is 11.6. The Hall–Kier alpha value is -3.90. The monoisotopic (exact) mass is 468 g/mol. The van der Waals surface area contributed by atoms with Crippen LogP contribution in [0.5, 0.6) is 5.75 Å². The first-order valence-corrected chi connectivity index (χ1v) is 11.6. The van der Waals surface area contributed by atoms with Crippen LogP contribution in [0.1, 0.15) is 44.7 Å². The van der Waals surface area contributed by atoms with E-state index in [2.05, 4.69) is 23.7 Å². The van der Waals surface area contributed by atoms with E-state index in [1.165, 1.54) is 36.5 Å². The highest BCUT2D eigenvalue weighted by atomic mass is 16.3. The van der Waals surface area contributed by atoms with Gasteiger partial charge in [-0.25, -0.2) is 0 Å². The highest BCUT2D eigenvalue weighted by Crippen LogP contribution is 2.23. The van der Waals surface area contributed by atoms with E-state index in [4.69, 9.17) is 0 Å². The maximum absolute atomic E-state index is 11.9. The van der Waals surface area contributed by atoms with Gasteiger partial charge in [-0.2, -0.15) is 0 Å². The molecule has 3 N–H and O–H groups in total. The second-order valence-electron chi connectivity index (χ2n) is 8.39. The van der Waals surface area contributed by atoms with Crippen molar-refractivity contribution in [1.29, 1.82) is 0 Å². The van der Waals surface area contributed by atoms with Crippen molar-refractivity contribution in [2.75, 3.05) is 0 Å². The summed E-state index contributed by atoms with van der Waals surface area (Å²) in [5, 5.41) is 31.8. The molecule has 0 aromatic heterocycles. The Kier molecular flexibility index (Phi) is 7.77. The Bertz CT molecular complexity index is 1260. The Morgan fingerprint density at radius 2 is 1.37 bits per heavy atom. The molecule has 0 heterocycles. The highest BCUT2D eigenvalue weighted by molar-refractivity contribution is 6.06. The third kappa shape index (κ3) is 6.37. The summed E-state index contributed by atoms with van der Waals surface area (Å²) in [5.74, 6) is 11.2. The number of rotatable bonds is 4. The van der Waals surface area contributed by atoms with Gasteiger partial charge in [-0.15, -0.1) is 0 Å². The molecule has 0 radical (unpaired) electrons. The van der Waals surface area contributed by atoms with Gasteiger partial charge >= 0.3 is 0 Å². The van der Waals surface area contributed by atoms with Crippen molar-refractivity contribution in [1.82, 2.24) is 0 Å². The lowest BCUT2D eigenvalue weighted by molar-refractivity contribution is -0.112. The number of aromatic hydroxyl groups is 1. The van der Waals surface area contributed by atoms with Crippen LogP contribution >= 0.6 is 0 Å². The van der Waals surface area contributed by atoms with E-state index in [0.29, 0.717) is 36.0 Å². The van der Waals surface area contributed by atoms with E-state index in [9.17, 15) is 24.9 Å². The van der Waals surface area contributed by atoms with Crippen molar-refractivity contribution < 1.29 is 24.9 Å². The minimum atomic E-state index is -1.63. The van der Waals surface area contributed by atoms with Crippen molar-refractivity contribution in [2.45, 2.75) is 51.2 Å². The predicted molar refractivity (Wildman–Crippen MR) is 136 cm³/mol. The van der Waals surface area contributed by atoms with Crippen LogP contribution in [0.2, 0.25) is 0 Å². The van der Waals surface area contributed by atoms with E-state index in [1.807, 2.05) is 26.8 Å². The summed E-state index contributed by atoms with van der Waals surface area (Å²) >= 11 is 0. The zero-order chi connectivity index (χ0) is 25.6. The molecule has 0 bridgehead atoms. The first-order chi connectivity index (χ1) is 16.6. The maximum Gasteiger partial charge on any atom is 0.181 e. The summed E-state index contributed by atoms with van der Waals surface area (Å²) < 4.78 is 0. The van der Waals surface area contributed by atoms with Crippen molar-refractivity contribution >= 4 is 17.6 Å². The van der Waals surface area contributed by atoms with E-state index in [0.717, 1.165) is 11.1 Å². The summed E-state index contributed by atoms with van der Waals surface area (Å²) in [6.07, 6.45) is 11.4. The summed E-state index contributed by atoms with van der Waals surface area (Å²) in [6, 6.07) is 5.11. The molecule has 35 heavy (non-hydrogen) atoms. The molecule has 0 saturated carbocycles. The molecular weight excluding hydrogens is 440 g/mol. The number of aryl methyl sites for hydroxylation is 1. The topological polar surface area (TPSA) is 94.8 Å². The Morgan fingerprint density at radius 1 is 0.857 bits per heavy atom. The smallest absolute Gasteiger partial charge is 0.181 e. The third-order valence-corrected chi connectivity index (χ3v) is 5.75. The number of aliphatic hydroxyl groups is 2. The van der Waals surface area contributed by atoms with Crippen LogP contribution in [0.4, 0.5) is 0 Å². The molecule has 2 atom stereocenters. The SMILES string of the molecule is CCC1=CC(O)(C#CC(C#CC2(O)C=CC(=O)C(CC)=C2)=Cc2ccc(O)c(CC)c2)C=CC1=O. The van der Waals surface area contributed by atoms with Gasteiger partial charge in [0, 0.05) is 0 Å². The number of hydrogen-bond donors (Lipinski definition) is 3. The van der Waals surface area contributed by atoms with Gasteiger partial charge in [-0.05, 0) is 96.2 Å². The molecular formula is C30H28O5. The molecule has 178 valence electrons. The van der Waals surface area contributed by atoms with Crippen molar-refractivity contribution in [3.8, 4) is 29.4 Å². The quantitative estimate of drug-likeness (QED) is 0.585. The molecule has 0 saturated heterocycles. The molecule has 1 aromatic rings. The van der Waals surface area contributed by atoms with E-state index in [-0.39, 0.29) is 17.3 Å².